The second-order valence-electron chi connectivity index (χ2n) is 9.37. The van der Waals surface area contributed by atoms with Crippen molar-refractivity contribution in [3.63, 3.8) is 0 Å². The van der Waals surface area contributed by atoms with Gasteiger partial charge in [-0.15, -0.1) is 0 Å². The second-order valence-corrected chi connectivity index (χ2v) is 13.0. The first-order valence-corrected chi connectivity index (χ1v) is 16.0. The Balaban J connectivity index is 1.69. The van der Waals surface area contributed by atoms with Crippen molar-refractivity contribution in [2.75, 3.05) is 19.6 Å². The normalized spacial score (nSPS) is 14.9. The van der Waals surface area contributed by atoms with E-state index in [0.29, 0.717) is 64.9 Å². The Morgan fingerprint density at radius 2 is 1.80 bits per heavy atom. The summed E-state index contributed by atoms with van der Waals surface area (Å²) in [5.74, 6) is -1.05. The van der Waals surface area contributed by atoms with Crippen molar-refractivity contribution in [2.24, 2.45) is 0 Å². The quantitative estimate of drug-likeness (QED) is 0.155. The van der Waals surface area contributed by atoms with Crippen molar-refractivity contribution >= 4 is 56.3 Å². The molecule has 12 heteroatoms. The number of carboxylic acids is 1. The Hall–Kier alpha value is -3.32. The van der Waals surface area contributed by atoms with Crippen molar-refractivity contribution < 1.29 is 23.1 Å². The highest BCUT2D eigenvalue weighted by Gasteiger charge is 2.32. The second kappa shape index (κ2) is 13.6. The van der Waals surface area contributed by atoms with Gasteiger partial charge in [0.05, 0.1) is 15.5 Å². The predicted molar refractivity (Wildman–Crippen MR) is 165 cm³/mol. The molecule has 0 bridgehead atoms. The van der Waals surface area contributed by atoms with Gasteiger partial charge >= 0.3 is 5.97 Å². The van der Waals surface area contributed by atoms with Crippen LogP contribution in [0.25, 0.3) is 23.0 Å². The summed E-state index contributed by atoms with van der Waals surface area (Å²) in [5.41, 5.74) is 2.60. The number of carbonyl (C=O) groups excluding carboxylic acids is 1. The molecule has 0 aliphatic carbocycles. The molecule has 9 nitrogen and oxygen atoms in total. The number of thiocarbonyl (C=S) groups is 1. The van der Waals surface area contributed by atoms with E-state index >= 15 is 0 Å². The van der Waals surface area contributed by atoms with Crippen LogP contribution >= 0.6 is 24.0 Å². The molecule has 1 aromatic heterocycles. The minimum atomic E-state index is -3.68. The number of hydrogen-bond donors (Lipinski definition) is 1. The van der Waals surface area contributed by atoms with Crippen molar-refractivity contribution in [3.8, 4) is 16.9 Å². The number of nitrogens with zero attached hydrogens (tertiary/aromatic N) is 4. The van der Waals surface area contributed by atoms with Gasteiger partial charge in [-0.2, -0.15) is 9.40 Å². The van der Waals surface area contributed by atoms with Crippen LogP contribution in [0.1, 0.15) is 45.1 Å². The Morgan fingerprint density at radius 1 is 1.07 bits per heavy atom. The van der Waals surface area contributed by atoms with Crippen LogP contribution in [0.2, 0.25) is 0 Å². The van der Waals surface area contributed by atoms with Crippen LogP contribution in [-0.4, -0.2) is 68.3 Å². The molecule has 1 aliphatic heterocycles. The minimum absolute atomic E-state index is 0.101. The minimum Gasteiger partial charge on any atom is -0.481 e. The zero-order chi connectivity index (χ0) is 29.6. The molecule has 2 heterocycles. The van der Waals surface area contributed by atoms with Crippen LogP contribution in [0.5, 0.6) is 0 Å². The summed E-state index contributed by atoms with van der Waals surface area (Å²) in [6.07, 6.45) is 5.54. The summed E-state index contributed by atoms with van der Waals surface area (Å²) in [6, 6.07) is 16.2. The third-order valence-corrected chi connectivity index (χ3v) is 10.1. The van der Waals surface area contributed by atoms with Gasteiger partial charge < -0.3 is 5.11 Å². The monoisotopic (exact) mass is 612 g/mol. The molecule has 0 atom stereocenters. The van der Waals surface area contributed by atoms with Crippen LogP contribution in [0.3, 0.4) is 0 Å². The number of sulfonamides is 1. The third-order valence-electron chi connectivity index (χ3n) is 6.65. The van der Waals surface area contributed by atoms with Crippen molar-refractivity contribution in [3.05, 3.63) is 71.3 Å². The number of aliphatic carboxylic acids is 1. The van der Waals surface area contributed by atoms with Gasteiger partial charge in [0.1, 0.15) is 10.0 Å². The van der Waals surface area contributed by atoms with Gasteiger partial charge in [-0.25, -0.2) is 13.1 Å². The van der Waals surface area contributed by atoms with Crippen LogP contribution in [-0.2, 0) is 19.6 Å². The van der Waals surface area contributed by atoms with Crippen molar-refractivity contribution in [1.82, 2.24) is 19.0 Å². The average Bonchev–Trinajstić information content (AvgIpc) is 3.50. The smallest absolute Gasteiger partial charge is 0.303 e. The number of carboxylic acid groups (broad SMARTS) is 1. The molecule has 0 spiro atoms. The van der Waals surface area contributed by atoms with Gasteiger partial charge in [0.15, 0.2) is 0 Å². The van der Waals surface area contributed by atoms with Gasteiger partial charge in [0.25, 0.3) is 5.91 Å². The molecule has 2 aromatic carbocycles. The van der Waals surface area contributed by atoms with E-state index in [-0.39, 0.29) is 17.2 Å². The largest absolute Gasteiger partial charge is 0.481 e. The van der Waals surface area contributed by atoms with E-state index in [2.05, 4.69) is 0 Å². The molecule has 3 aromatic rings. The average molecular weight is 613 g/mol. The Labute approximate surface area is 249 Å². The number of hydrogen-bond acceptors (Lipinski definition) is 7. The molecule has 41 heavy (non-hydrogen) atoms. The zero-order valence-corrected chi connectivity index (χ0v) is 25.3. The van der Waals surface area contributed by atoms with E-state index in [0.717, 1.165) is 5.69 Å². The standard InChI is InChI=1S/C29H32N4O5S3/c1-3-31(4-2)41(37,38)24-15-11-12-21(18-24)27-22(20-33(30-27)23-13-7-5-8-14-23)19-25-28(36)32(29(39)40-25)17-10-6-9-16-26(34)35/h5,7-8,11-15,18-20H,3-4,6,9-10,16-17H2,1-2H3,(H,34,35)/b25-19-. The summed E-state index contributed by atoms with van der Waals surface area (Å²) < 4.78 is 30.0. The molecule has 1 N–H and O–H groups in total. The van der Waals surface area contributed by atoms with Gasteiger partial charge in [-0.05, 0) is 43.2 Å². The van der Waals surface area contributed by atoms with Gasteiger partial charge in [-0.3, -0.25) is 14.5 Å². The Kier molecular flexibility index (Phi) is 10.1. The summed E-state index contributed by atoms with van der Waals surface area (Å²) >= 11 is 6.69. The first-order chi connectivity index (χ1) is 19.6. The number of unbranched alkanes of at least 4 members (excludes halogenated alkanes) is 2. The van der Waals surface area contributed by atoms with Crippen LogP contribution < -0.4 is 0 Å². The molecule has 1 aliphatic rings. The fourth-order valence-corrected chi connectivity index (χ4v) is 7.31. The fraction of sp³-hybridized carbons (Fsp3) is 0.310. The highest BCUT2D eigenvalue weighted by molar-refractivity contribution is 8.26. The van der Waals surface area contributed by atoms with Gasteiger partial charge in [-0.1, -0.05) is 74.6 Å². The lowest BCUT2D eigenvalue weighted by atomic mass is 10.1. The molecule has 0 radical (unpaired) electrons. The van der Waals surface area contributed by atoms with Crippen LogP contribution in [0.15, 0.2) is 70.6 Å². The van der Waals surface area contributed by atoms with E-state index in [1.54, 1.807) is 53.8 Å². The number of thioether (sulfide) groups is 1. The Morgan fingerprint density at radius 3 is 2.49 bits per heavy atom. The maximum absolute atomic E-state index is 13.3. The van der Waals surface area contributed by atoms with Crippen molar-refractivity contribution in [2.45, 2.75) is 44.4 Å². The number of benzene rings is 2. The SMILES string of the molecule is CCN(CC)S(=O)(=O)c1cccc(-c2nn(-c3ccccc3)cc2/C=C2\SC(=S)N(CCCCCC(=O)O)C2=O)c1. The number of aromatic nitrogens is 2. The van der Waals surface area contributed by atoms with E-state index in [1.807, 2.05) is 36.5 Å². The lowest BCUT2D eigenvalue weighted by Crippen LogP contribution is -2.30. The lowest BCUT2D eigenvalue weighted by Gasteiger charge is -2.18. The highest BCUT2D eigenvalue weighted by atomic mass is 32.2. The predicted octanol–water partition coefficient (Wildman–Crippen LogP) is 5.42. The van der Waals surface area contributed by atoms with E-state index in [4.69, 9.17) is 22.4 Å². The molecular formula is C29H32N4O5S3. The molecular weight excluding hydrogens is 581 g/mol. The molecule has 1 saturated heterocycles. The summed E-state index contributed by atoms with van der Waals surface area (Å²) in [4.78, 5) is 26.2. The topological polar surface area (TPSA) is 113 Å². The fourth-order valence-electron chi connectivity index (χ4n) is 4.50. The number of amides is 1. The van der Waals surface area contributed by atoms with E-state index in [9.17, 15) is 18.0 Å². The zero-order valence-electron chi connectivity index (χ0n) is 22.9. The van der Waals surface area contributed by atoms with Gasteiger partial charge in [0.2, 0.25) is 10.0 Å². The van der Waals surface area contributed by atoms with Gasteiger partial charge in [0, 0.05) is 43.4 Å². The van der Waals surface area contributed by atoms with E-state index < -0.39 is 16.0 Å². The summed E-state index contributed by atoms with van der Waals surface area (Å²) in [7, 11) is -3.68. The molecule has 4 rings (SSSR count). The maximum Gasteiger partial charge on any atom is 0.303 e. The van der Waals surface area contributed by atoms with Crippen LogP contribution in [0.4, 0.5) is 0 Å². The first kappa shape index (κ1) is 30.6. The van der Waals surface area contributed by atoms with Crippen LogP contribution in [0, 0.1) is 0 Å². The summed E-state index contributed by atoms with van der Waals surface area (Å²) in [6.45, 7) is 4.74. The molecule has 216 valence electrons. The maximum atomic E-state index is 13.3. The lowest BCUT2D eigenvalue weighted by molar-refractivity contribution is -0.137. The third kappa shape index (κ3) is 7.13. The molecule has 0 saturated carbocycles. The van der Waals surface area contributed by atoms with Crippen molar-refractivity contribution in [1.29, 1.82) is 0 Å². The Bertz CT molecular complexity index is 1560. The molecule has 1 fully saturated rings. The molecule has 0 unspecified atom stereocenters. The highest BCUT2D eigenvalue weighted by Crippen LogP contribution is 2.35. The number of rotatable bonds is 13. The number of para-hydroxylation sites is 1. The molecule has 1 amide bonds. The first-order valence-electron chi connectivity index (χ1n) is 13.4. The van der Waals surface area contributed by atoms with E-state index in [1.165, 1.54) is 16.1 Å². The summed E-state index contributed by atoms with van der Waals surface area (Å²) in [5, 5.41) is 13.6. The number of carbonyl (C=O) groups is 2.